The zero-order valence-corrected chi connectivity index (χ0v) is 17.3. The second-order valence-electron chi connectivity index (χ2n) is 7.01. The van der Waals surface area contributed by atoms with Gasteiger partial charge in [0.2, 0.25) is 5.95 Å². The fourth-order valence-electron chi connectivity index (χ4n) is 3.11. The highest BCUT2D eigenvalue weighted by Gasteiger charge is 2.31. The number of methoxy groups -OCH3 is 1. The molecule has 2 aromatic heterocycles. The summed E-state index contributed by atoms with van der Waals surface area (Å²) in [4.78, 5) is 8.55. The summed E-state index contributed by atoms with van der Waals surface area (Å²) in [6.07, 6.45) is -1.10. The minimum Gasteiger partial charge on any atom is -0.495 e. The summed E-state index contributed by atoms with van der Waals surface area (Å²) in [7, 11) is 3.12. The summed E-state index contributed by atoms with van der Waals surface area (Å²) < 4.78 is 61.1. The van der Waals surface area contributed by atoms with Crippen LogP contribution in [0.3, 0.4) is 0 Å². The molecule has 4 aromatic rings. The van der Waals surface area contributed by atoms with E-state index in [0.29, 0.717) is 23.2 Å². The van der Waals surface area contributed by atoms with Crippen molar-refractivity contribution in [2.45, 2.75) is 13.1 Å². The Balaban J connectivity index is 1.63. The first-order valence-electron chi connectivity index (χ1n) is 9.40. The number of anilines is 2. The van der Waals surface area contributed by atoms with E-state index in [0.717, 1.165) is 23.5 Å². The molecule has 0 saturated heterocycles. The lowest BCUT2D eigenvalue weighted by Crippen LogP contribution is -2.07. The summed E-state index contributed by atoms with van der Waals surface area (Å²) in [5.41, 5.74) is 1.05. The van der Waals surface area contributed by atoms with Crippen LogP contribution in [0.2, 0.25) is 0 Å². The lowest BCUT2D eigenvalue weighted by atomic mass is 10.1. The number of halogens is 4. The fourth-order valence-corrected chi connectivity index (χ4v) is 3.11. The minimum atomic E-state index is -4.63. The molecule has 0 aliphatic rings. The topological polar surface area (TPSA) is 69.8 Å². The molecule has 0 saturated carbocycles. The van der Waals surface area contributed by atoms with Crippen LogP contribution in [0.25, 0.3) is 17.1 Å². The van der Waals surface area contributed by atoms with Gasteiger partial charge < -0.3 is 14.6 Å². The third-order valence-corrected chi connectivity index (χ3v) is 4.73. The van der Waals surface area contributed by atoms with Crippen LogP contribution in [0.15, 0.2) is 48.9 Å². The number of hydrogen-bond donors (Lipinski definition) is 1. The van der Waals surface area contributed by atoms with Crippen LogP contribution in [0, 0.1) is 12.7 Å². The Bertz CT molecular complexity index is 1280. The van der Waals surface area contributed by atoms with Crippen LogP contribution < -0.4 is 10.1 Å². The first-order valence-corrected chi connectivity index (χ1v) is 9.40. The number of hydrogen-bond acceptors (Lipinski definition) is 5. The largest absolute Gasteiger partial charge is 0.495 e. The number of alkyl halides is 3. The van der Waals surface area contributed by atoms with Crippen molar-refractivity contribution in [1.29, 1.82) is 0 Å². The van der Waals surface area contributed by atoms with Crippen molar-refractivity contribution < 1.29 is 22.3 Å². The molecule has 11 heteroatoms. The average Bonchev–Trinajstić information content (AvgIpc) is 3.34. The molecule has 4 rings (SSSR count). The van der Waals surface area contributed by atoms with Crippen molar-refractivity contribution in [3.05, 3.63) is 66.0 Å². The number of nitrogens with one attached hydrogen (secondary N) is 1. The number of rotatable bonds is 5. The van der Waals surface area contributed by atoms with E-state index < -0.39 is 17.6 Å². The maximum absolute atomic E-state index is 14.2. The van der Waals surface area contributed by atoms with Gasteiger partial charge in [0.15, 0.2) is 5.82 Å². The molecule has 0 unspecified atom stereocenters. The maximum atomic E-state index is 14.2. The van der Waals surface area contributed by atoms with Crippen molar-refractivity contribution in [3.63, 3.8) is 0 Å². The lowest BCUT2D eigenvalue weighted by Gasteiger charge is -2.10. The Hall–Kier alpha value is -3.89. The third kappa shape index (κ3) is 4.13. The Morgan fingerprint density at radius 1 is 1.09 bits per heavy atom. The van der Waals surface area contributed by atoms with Gasteiger partial charge in [-0.1, -0.05) is 0 Å². The number of aromatic nitrogens is 5. The van der Waals surface area contributed by atoms with Crippen molar-refractivity contribution >= 4 is 11.6 Å². The molecule has 0 aliphatic carbocycles. The van der Waals surface area contributed by atoms with Gasteiger partial charge in [0.1, 0.15) is 11.6 Å². The summed E-state index contributed by atoms with van der Waals surface area (Å²) in [6, 6.07) is 7.62. The van der Waals surface area contributed by atoms with E-state index in [2.05, 4.69) is 20.4 Å². The van der Waals surface area contributed by atoms with Crippen LogP contribution in [0.1, 0.15) is 11.3 Å². The molecule has 0 fully saturated rings. The summed E-state index contributed by atoms with van der Waals surface area (Å²) in [5.74, 6) is 0.00240. The predicted molar refractivity (Wildman–Crippen MR) is 110 cm³/mol. The number of imidazole rings is 1. The van der Waals surface area contributed by atoms with Crippen LogP contribution in [0.4, 0.5) is 29.2 Å². The molecule has 166 valence electrons. The molecule has 2 heterocycles. The van der Waals surface area contributed by atoms with E-state index in [1.165, 1.54) is 4.68 Å². The van der Waals surface area contributed by atoms with E-state index in [1.54, 1.807) is 32.6 Å². The summed E-state index contributed by atoms with van der Waals surface area (Å²) >= 11 is 0. The second-order valence-corrected chi connectivity index (χ2v) is 7.01. The maximum Gasteiger partial charge on any atom is 0.416 e. The zero-order chi connectivity index (χ0) is 23.0. The van der Waals surface area contributed by atoms with Gasteiger partial charge in [0.25, 0.3) is 0 Å². The number of benzene rings is 2. The molecule has 7 nitrogen and oxygen atoms in total. The quantitative estimate of drug-likeness (QED) is 0.442. The lowest BCUT2D eigenvalue weighted by molar-refractivity contribution is -0.137. The number of ether oxygens (including phenoxy) is 1. The van der Waals surface area contributed by atoms with Gasteiger partial charge in [-0.15, -0.1) is 5.10 Å². The highest BCUT2D eigenvalue weighted by atomic mass is 19.4. The molecule has 1 N–H and O–H groups in total. The van der Waals surface area contributed by atoms with Gasteiger partial charge in [0.05, 0.1) is 36.1 Å². The summed E-state index contributed by atoms with van der Waals surface area (Å²) in [6.45, 7) is 1.88. The van der Waals surface area contributed by atoms with Crippen molar-refractivity contribution in [2.24, 2.45) is 7.05 Å². The number of nitrogens with zero attached hydrogens (tertiary/aromatic N) is 5. The molecule has 0 bridgehead atoms. The molecule has 2 aromatic carbocycles. The molecule has 0 spiro atoms. The van der Waals surface area contributed by atoms with E-state index in [-0.39, 0.29) is 11.6 Å². The normalized spacial score (nSPS) is 11.6. The van der Waals surface area contributed by atoms with Crippen LogP contribution in [-0.4, -0.2) is 31.4 Å². The second kappa shape index (κ2) is 7.98. The zero-order valence-electron chi connectivity index (χ0n) is 17.3. The van der Waals surface area contributed by atoms with Crippen molar-refractivity contribution in [3.8, 4) is 22.8 Å². The standard InChI is InChI=1S/C21H18F4N6O/c1-12-10-31(11-26-12)17-7-4-13(8-18(17)32-3)19-28-20(30(2)29-19)27-16-6-5-14(9-15(16)22)21(23,24)25/h4-11H,1-3H3,(H,27,28,29). The highest BCUT2D eigenvalue weighted by molar-refractivity contribution is 5.65. The van der Waals surface area contributed by atoms with Gasteiger partial charge in [-0.3, -0.25) is 0 Å². The van der Waals surface area contributed by atoms with Gasteiger partial charge in [-0.2, -0.15) is 18.2 Å². The van der Waals surface area contributed by atoms with E-state index >= 15 is 0 Å². The van der Waals surface area contributed by atoms with E-state index in [1.807, 2.05) is 23.8 Å². The fraction of sp³-hybridized carbons (Fsp3) is 0.190. The van der Waals surface area contributed by atoms with Gasteiger partial charge in [-0.05, 0) is 43.3 Å². The molecular formula is C21H18F4N6O. The van der Waals surface area contributed by atoms with Crippen LogP contribution in [-0.2, 0) is 13.2 Å². The average molecular weight is 446 g/mol. The van der Waals surface area contributed by atoms with Gasteiger partial charge in [0, 0.05) is 18.8 Å². The van der Waals surface area contributed by atoms with E-state index in [4.69, 9.17) is 4.74 Å². The molecular weight excluding hydrogens is 428 g/mol. The molecule has 0 atom stereocenters. The predicted octanol–water partition coefficient (Wildman–Crippen LogP) is 4.89. The molecule has 0 amide bonds. The molecule has 0 radical (unpaired) electrons. The van der Waals surface area contributed by atoms with Crippen molar-refractivity contribution in [2.75, 3.05) is 12.4 Å². The number of aryl methyl sites for hydroxylation is 2. The Kier molecular flexibility index (Phi) is 5.33. The Labute approximate surface area is 180 Å². The van der Waals surface area contributed by atoms with Crippen LogP contribution >= 0.6 is 0 Å². The third-order valence-electron chi connectivity index (χ3n) is 4.73. The van der Waals surface area contributed by atoms with E-state index in [9.17, 15) is 17.6 Å². The highest BCUT2D eigenvalue weighted by Crippen LogP contribution is 2.33. The first kappa shape index (κ1) is 21.3. The monoisotopic (exact) mass is 446 g/mol. The Morgan fingerprint density at radius 3 is 2.50 bits per heavy atom. The SMILES string of the molecule is COc1cc(-c2nc(Nc3ccc(C(F)(F)F)cc3F)n(C)n2)ccc1-n1cnc(C)c1. The minimum absolute atomic E-state index is 0.150. The molecule has 0 aliphatic heterocycles. The smallest absolute Gasteiger partial charge is 0.416 e. The van der Waals surface area contributed by atoms with Crippen molar-refractivity contribution in [1.82, 2.24) is 24.3 Å². The molecule has 32 heavy (non-hydrogen) atoms. The Morgan fingerprint density at radius 2 is 1.88 bits per heavy atom. The van der Waals surface area contributed by atoms with Gasteiger partial charge in [-0.25, -0.2) is 14.1 Å². The van der Waals surface area contributed by atoms with Crippen LogP contribution in [0.5, 0.6) is 5.75 Å². The first-order chi connectivity index (χ1) is 15.2. The summed E-state index contributed by atoms with van der Waals surface area (Å²) in [5, 5.41) is 6.99. The van der Waals surface area contributed by atoms with Gasteiger partial charge >= 0.3 is 6.18 Å².